The molecule has 3 nitrogen and oxygen atoms in total. The van der Waals surface area contributed by atoms with E-state index in [2.05, 4.69) is 5.32 Å². The number of hydrogen-bond acceptors (Lipinski definition) is 3. The van der Waals surface area contributed by atoms with Crippen LogP contribution in [-0.4, -0.2) is 26.9 Å². The molecule has 0 spiro atoms. The highest BCUT2D eigenvalue weighted by Crippen LogP contribution is 2.40. The van der Waals surface area contributed by atoms with Gasteiger partial charge in [-0.1, -0.05) is 12.1 Å². The van der Waals surface area contributed by atoms with Gasteiger partial charge in [0.05, 0.1) is 20.1 Å². The molecule has 0 radical (unpaired) electrons. The molecule has 20 heavy (non-hydrogen) atoms. The number of ether oxygens (including phenoxy) is 2. The van der Waals surface area contributed by atoms with Crippen LogP contribution in [0, 0.1) is 5.92 Å². The topological polar surface area (TPSA) is 30.5 Å². The van der Waals surface area contributed by atoms with E-state index in [0.29, 0.717) is 17.9 Å². The first kappa shape index (κ1) is 15.0. The van der Waals surface area contributed by atoms with Crippen LogP contribution in [0.5, 0.6) is 11.5 Å². The number of piperidine rings is 1. The number of para-hydroxylation sites is 1. The molecule has 1 aromatic carbocycles. The number of methoxy groups -OCH3 is 2. The summed E-state index contributed by atoms with van der Waals surface area (Å²) in [4.78, 5) is 0. The Morgan fingerprint density at radius 1 is 1.15 bits per heavy atom. The van der Waals surface area contributed by atoms with Crippen LogP contribution in [0.4, 0.5) is 13.2 Å². The summed E-state index contributed by atoms with van der Waals surface area (Å²) in [6.45, 7) is -0.0610. The summed E-state index contributed by atoms with van der Waals surface area (Å²) in [6, 6.07) is 5.30. The van der Waals surface area contributed by atoms with Gasteiger partial charge in [0.15, 0.2) is 11.5 Å². The van der Waals surface area contributed by atoms with Crippen molar-refractivity contribution in [3.05, 3.63) is 23.8 Å². The van der Waals surface area contributed by atoms with Crippen molar-refractivity contribution in [2.24, 2.45) is 5.92 Å². The molecule has 1 N–H and O–H groups in total. The Labute approximate surface area is 116 Å². The van der Waals surface area contributed by atoms with Crippen molar-refractivity contribution in [1.29, 1.82) is 0 Å². The second kappa shape index (κ2) is 5.91. The summed E-state index contributed by atoms with van der Waals surface area (Å²) in [5.74, 6) is -0.0990. The van der Waals surface area contributed by atoms with Crippen molar-refractivity contribution in [2.75, 3.05) is 20.8 Å². The predicted octanol–water partition coefficient (Wildman–Crippen LogP) is 3.31. The lowest BCUT2D eigenvalue weighted by Gasteiger charge is -2.32. The van der Waals surface area contributed by atoms with Crippen molar-refractivity contribution < 1.29 is 22.6 Å². The molecule has 1 saturated heterocycles. The van der Waals surface area contributed by atoms with Crippen LogP contribution in [-0.2, 0) is 0 Å². The van der Waals surface area contributed by atoms with E-state index < -0.39 is 12.1 Å². The van der Waals surface area contributed by atoms with Gasteiger partial charge in [0.2, 0.25) is 0 Å². The van der Waals surface area contributed by atoms with Crippen LogP contribution in [0.2, 0.25) is 0 Å². The van der Waals surface area contributed by atoms with Crippen molar-refractivity contribution in [1.82, 2.24) is 5.32 Å². The molecule has 2 atom stereocenters. The van der Waals surface area contributed by atoms with Crippen molar-refractivity contribution in [2.45, 2.75) is 25.1 Å². The Bertz CT molecular complexity index is 454. The minimum atomic E-state index is -4.13. The number of rotatable bonds is 3. The van der Waals surface area contributed by atoms with Crippen LogP contribution >= 0.6 is 0 Å². The van der Waals surface area contributed by atoms with Gasteiger partial charge in [-0.3, -0.25) is 0 Å². The van der Waals surface area contributed by atoms with Crippen molar-refractivity contribution in [3.8, 4) is 11.5 Å². The third-order valence-corrected chi connectivity index (χ3v) is 3.69. The zero-order valence-corrected chi connectivity index (χ0v) is 11.5. The summed E-state index contributed by atoms with van der Waals surface area (Å²) in [6.07, 6.45) is -3.58. The van der Waals surface area contributed by atoms with Crippen LogP contribution in [0.1, 0.15) is 24.4 Å². The molecule has 2 rings (SSSR count). The van der Waals surface area contributed by atoms with Gasteiger partial charge < -0.3 is 14.8 Å². The smallest absolute Gasteiger partial charge is 0.393 e. The number of nitrogens with one attached hydrogen (secondary N) is 1. The molecule has 0 amide bonds. The Hall–Kier alpha value is -1.43. The van der Waals surface area contributed by atoms with Gasteiger partial charge in [0, 0.05) is 18.2 Å². The highest BCUT2D eigenvalue weighted by atomic mass is 19.4. The van der Waals surface area contributed by atoms with Gasteiger partial charge in [-0.2, -0.15) is 13.2 Å². The summed E-state index contributed by atoms with van der Waals surface area (Å²) in [5, 5.41) is 2.96. The van der Waals surface area contributed by atoms with E-state index in [1.54, 1.807) is 6.07 Å². The van der Waals surface area contributed by atoms with Gasteiger partial charge in [-0.15, -0.1) is 0 Å². The second-order valence-corrected chi connectivity index (χ2v) is 4.86. The van der Waals surface area contributed by atoms with Gasteiger partial charge in [0.1, 0.15) is 0 Å². The average molecular weight is 289 g/mol. The monoisotopic (exact) mass is 289 g/mol. The molecule has 0 aliphatic carbocycles. The largest absolute Gasteiger partial charge is 0.493 e. The fourth-order valence-corrected chi connectivity index (χ4v) is 2.59. The number of hydrogen-bond donors (Lipinski definition) is 1. The van der Waals surface area contributed by atoms with Crippen LogP contribution in [0.3, 0.4) is 0 Å². The van der Waals surface area contributed by atoms with Gasteiger partial charge in [0.25, 0.3) is 0 Å². The molecule has 2 unspecified atom stereocenters. The van der Waals surface area contributed by atoms with Gasteiger partial charge in [-0.05, 0) is 18.9 Å². The van der Waals surface area contributed by atoms with Crippen LogP contribution in [0.25, 0.3) is 0 Å². The van der Waals surface area contributed by atoms with E-state index in [1.807, 2.05) is 12.1 Å². The third kappa shape index (κ3) is 3.00. The molecular weight excluding hydrogens is 271 g/mol. The minimum Gasteiger partial charge on any atom is -0.493 e. The van der Waals surface area contributed by atoms with E-state index >= 15 is 0 Å². The van der Waals surface area contributed by atoms with Crippen LogP contribution < -0.4 is 14.8 Å². The fourth-order valence-electron chi connectivity index (χ4n) is 2.59. The average Bonchev–Trinajstić information content (AvgIpc) is 2.45. The number of alkyl halides is 3. The summed E-state index contributed by atoms with van der Waals surface area (Å²) in [7, 11) is 3.07. The SMILES string of the molecule is COc1cccc(C2CCC(C(F)(F)F)CN2)c1OC. The normalized spacial score (nSPS) is 23.4. The summed E-state index contributed by atoms with van der Waals surface area (Å²) < 4.78 is 48.5. The first-order valence-electron chi connectivity index (χ1n) is 6.48. The maximum Gasteiger partial charge on any atom is 0.393 e. The molecule has 1 aromatic rings. The number of benzene rings is 1. The van der Waals surface area contributed by atoms with Gasteiger partial charge in [-0.25, -0.2) is 0 Å². The number of halogens is 3. The van der Waals surface area contributed by atoms with Crippen molar-refractivity contribution >= 4 is 0 Å². The Kier molecular flexibility index (Phi) is 4.42. The highest BCUT2D eigenvalue weighted by molar-refractivity contribution is 5.48. The molecule has 1 heterocycles. The quantitative estimate of drug-likeness (QED) is 0.926. The van der Waals surface area contributed by atoms with Crippen LogP contribution in [0.15, 0.2) is 18.2 Å². The Morgan fingerprint density at radius 3 is 2.40 bits per heavy atom. The van der Waals surface area contributed by atoms with Crippen molar-refractivity contribution in [3.63, 3.8) is 0 Å². The molecule has 6 heteroatoms. The fraction of sp³-hybridized carbons (Fsp3) is 0.571. The van der Waals surface area contributed by atoms with E-state index in [-0.39, 0.29) is 19.0 Å². The first-order chi connectivity index (χ1) is 9.47. The molecule has 0 bridgehead atoms. The van der Waals surface area contributed by atoms with E-state index in [0.717, 1.165) is 5.56 Å². The maximum absolute atomic E-state index is 12.7. The zero-order chi connectivity index (χ0) is 14.8. The minimum absolute atomic E-state index is 0.0610. The molecule has 1 aliphatic heterocycles. The molecule has 0 aromatic heterocycles. The predicted molar refractivity (Wildman–Crippen MR) is 69.1 cm³/mol. The maximum atomic E-state index is 12.7. The Balaban J connectivity index is 2.15. The van der Waals surface area contributed by atoms with E-state index in [4.69, 9.17) is 9.47 Å². The molecule has 1 fully saturated rings. The van der Waals surface area contributed by atoms with E-state index in [9.17, 15) is 13.2 Å². The second-order valence-electron chi connectivity index (χ2n) is 4.86. The lowest BCUT2D eigenvalue weighted by Crippen LogP contribution is -2.40. The Morgan fingerprint density at radius 2 is 1.90 bits per heavy atom. The molecule has 112 valence electrons. The molecule has 1 aliphatic rings. The molecule has 0 saturated carbocycles. The lowest BCUT2D eigenvalue weighted by atomic mass is 9.90. The summed E-state index contributed by atoms with van der Waals surface area (Å²) in [5.41, 5.74) is 0.840. The zero-order valence-electron chi connectivity index (χ0n) is 11.5. The summed E-state index contributed by atoms with van der Waals surface area (Å²) >= 11 is 0. The van der Waals surface area contributed by atoms with E-state index in [1.165, 1.54) is 14.2 Å². The van der Waals surface area contributed by atoms with Gasteiger partial charge >= 0.3 is 6.18 Å². The highest BCUT2D eigenvalue weighted by Gasteiger charge is 2.41. The lowest BCUT2D eigenvalue weighted by molar-refractivity contribution is -0.179. The standard InChI is InChI=1S/C14H18F3NO2/c1-19-12-5-3-4-10(13(12)20-2)11-7-6-9(8-18-11)14(15,16)17/h3-5,9,11,18H,6-8H2,1-2H3. The molecular formula is C14H18F3NO2. The third-order valence-electron chi connectivity index (χ3n) is 3.69. The first-order valence-corrected chi connectivity index (χ1v) is 6.48.